The SMILES string of the molecule is CCOCn1c(Sc2ccc3ccccc3c2N)c(CC)c(=O)[nH]c1=O. The summed E-state index contributed by atoms with van der Waals surface area (Å²) in [5, 5.41) is 2.55. The molecule has 0 aliphatic carbocycles. The fraction of sp³-hybridized carbons (Fsp3) is 0.263. The second kappa shape index (κ2) is 7.80. The molecule has 0 spiro atoms. The molecule has 0 saturated heterocycles. The summed E-state index contributed by atoms with van der Waals surface area (Å²) in [6.45, 7) is 4.28. The number of nitrogens with one attached hydrogen (secondary N) is 1. The van der Waals surface area contributed by atoms with E-state index in [0.29, 0.717) is 29.3 Å². The van der Waals surface area contributed by atoms with E-state index in [9.17, 15) is 9.59 Å². The van der Waals surface area contributed by atoms with Gasteiger partial charge in [-0.15, -0.1) is 0 Å². The molecule has 0 radical (unpaired) electrons. The standard InChI is InChI=1S/C19H21N3O3S/c1-3-13-17(23)21-19(24)22(11-25-4-2)18(13)26-15-10-9-12-7-5-6-8-14(12)16(15)20/h5-10H,3-4,11,20H2,1-2H3,(H,21,23,24). The van der Waals surface area contributed by atoms with Crippen molar-refractivity contribution >= 4 is 28.2 Å². The molecule has 0 amide bonds. The lowest BCUT2D eigenvalue weighted by atomic mass is 10.1. The summed E-state index contributed by atoms with van der Waals surface area (Å²) in [4.78, 5) is 27.7. The van der Waals surface area contributed by atoms with E-state index in [-0.39, 0.29) is 12.3 Å². The summed E-state index contributed by atoms with van der Waals surface area (Å²) in [5.41, 5.74) is 6.68. The van der Waals surface area contributed by atoms with Crippen LogP contribution in [0.3, 0.4) is 0 Å². The zero-order chi connectivity index (χ0) is 18.7. The van der Waals surface area contributed by atoms with Crippen LogP contribution in [-0.2, 0) is 17.9 Å². The summed E-state index contributed by atoms with van der Waals surface area (Å²) in [6, 6.07) is 11.7. The molecule has 3 N–H and O–H groups in total. The van der Waals surface area contributed by atoms with Gasteiger partial charge in [-0.05, 0) is 24.8 Å². The van der Waals surface area contributed by atoms with Crippen molar-refractivity contribution in [2.75, 3.05) is 12.3 Å². The minimum Gasteiger partial charge on any atom is -0.397 e. The van der Waals surface area contributed by atoms with Gasteiger partial charge in [-0.3, -0.25) is 14.3 Å². The summed E-state index contributed by atoms with van der Waals surface area (Å²) >= 11 is 1.32. The van der Waals surface area contributed by atoms with Crippen molar-refractivity contribution in [2.24, 2.45) is 0 Å². The molecule has 26 heavy (non-hydrogen) atoms. The first-order valence-corrected chi connectivity index (χ1v) is 9.27. The Kier molecular flexibility index (Phi) is 5.49. The fourth-order valence-electron chi connectivity index (χ4n) is 2.79. The molecule has 0 fully saturated rings. The number of hydrogen-bond donors (Lipinski definition) is 2. The topological polar surface area (TPSA) is 90.1 Å². The van der Waals surface area contributed by atoms with Crippen molar-refractivity contribution in [1.29, 1.82) is 0 Å². The normalized spacial score (nSPS) is 11.2. The van der Waals surface area contributed by atoms with Crippen LogP contribution in [0.4, 0.5) is 5.69 Å². The second-order valence-corrected chi connectivity index (χ2v) is 6.78. The van der Waals surface area contributed by atoms with Gasteiger partial charge >= 0.3 is 5.69 Å². The third-order valence-electron chi connectivity index (χ3n) is 4.16. The number of nitrogens with zero attached hydrogens (tertiary/aromatic N) is 1. The molecule has 0 saturated carbocycles. The maximum Gasteiger partial charge on any atom is 0.331 e. The molecule has 0 bridgehead atoms. The van der Waals surface area contributed by atoms with Crippen LogP contribution in [0.25, 0.3) is 10.8 Å². The zero-order valence-corrected chi connectivity index (χ0v) is 15.6. The van der Waals surface area contributed by atoms with Gasteiger partial charge in [-0.1, -0.05) is 49.0 Å². The van der Waals surface area contributed by atoms with Crippen LogP contribution < -0.4 is 17.0 Å². The van der Waals surface area contributed by atoms with Gasteiger partial charge in [0.2, 0.25) is 0 Å². The molecule has 2 aromatic carbocycles. The molecule has 0 aliphatic heterocycles. The second-order valence-electron chi connectivity index (χ2n) is 5.75. The molecule has 6 nitrogen and oxygen atoms in total. The lowest BCUT2D eigenvalue weighted by Gasteiger charge is -2.16. The Balaban J connectivity index is 2.16. The van der Waals surface area contributed by atoms with E-state index in [1.165, 1.54) is 16.3 Å². The average Bonchev–Trinajstić information content (AvgIpc) is 2.64. The Hall–Kier alpha value is -2.51. The van der Waals surface area contributed by atoms with Crippen LogP contribution >= 0.6 is 11.8 Å². The first-order chi connectivity index (χ1) is 12.6. The van der Waals surface area contributed by atoms with E-state index in [4.69, 9.17) is 10.5 Å². The highest BCUT2D eigenvalue weighted by Crippen LogP contribution is 2.36. The van der Waals surface area contributed by atoms with Crippen molar-refractivity contribution in [2.45, 2.75) is 36.9 Å². The highest BCUT2D eigenvalue weighted by Gasteiger charge is 2.17. The van der Waals surface area contributed by atoms with Crippen molar-refractivity contribution in [3.8, 4) is 0 Å². The zero-order valence-electron chi connectivity index (χ0n) is 14.7. The van der Waals surface area contributed by atoms with E-state index < -0.39 is 5.69 Å². The minimum atomic E-state index is -0.484. The third-order valence-corrected chi connectivity index (χ3v) is 5.39. The Labute approximate surface area is 155 Å². The number of hydrogen-bond acceptors (Lipinski definition) is 5. The van der Waals surface area contributed by atoms with Crippen LogP contribution in [0.5, 0.6) is 0 Å². The molecular formula is C19H21N3O3S. The maximum absolute atomic E-state index is 12.3. The van der Waals surface area contributed by atoms with Crippen LogP contribution in [0.1, 0.15) is 19.4 Å². The van der Waals surface area contributed by atoms with Gasteiger partial charge in [0, 0.05) is 22.5 Å². The number of aromatic nitrogens is 2. The summed E-state index contributed by atoms with van der Waals surface area (Å²) in [6.07, 6.45) is 0.498. The number of anilines is 1. The Morgan fingerprint density at radius 1 is 1.15 bits per heavy atom. The minimum absolute atomic E-state index is 0.0783. The highest BCUT2D eigenvalue weighted by molar-refractivity contribution is 7.99. The summed E-state index contributed by atoms with van der Waals surface area (Å²) < 4.78 is 6.86. The quantitative estimate of drug-likeness (QED) is 0.513. The van der Waals surface area contributed by atoms with E-state index in [2.05, 4.69) is 4.98 Å². The van der Waals surface area contributed by atoms with E-state index in [0.717, 1.165) is 15.7 Å². The van der Waals surface area contributed by atoms with Crippen molar-refractivity contribution in [3.63, 3.8) is 0 Å². The van der Waals surface area contributed by atoms with E-state index >= 15 is 0 Å². The van der Waals surface area contributed by atoms with Gasteiger partial charge in [0.05, 0.1) is 10.7 Å². The number of nitrogens with two attached hydrogens (primary N) is 1. The lowest BCUT2D eigenvalue weighted by Crippen LogP contribution is -2.34. The molecule has 0 aliphatic rings. The Morgan fingerprint density at radius 2 is 1.92 bits per heavy atom. The average molecular weight is 371 g/mol. The van der Waals surface area contributed by atoms with Gasteiger partial charge in [0.1, 0.15) is 6.73 Å². The van der Waals surface area contributed by atoms with Crippen LogP contribution in [-0.4, -0.2) is 16.2 Å². The van der Waals surface area contributed by atoms with Crippen molar-refractivity contribution < 1.29 is 4.74 Å². The molecule has 3 aromatic rings. The van der Waals surface area contributed by atoms with Gasteiger partial charge in [-0.2, -0.15) is 0 Å². The number of H-pyrrole nitrogens is 1. The number of ether oxygens (including phenoxy) is 1. The van der Waals surface area contributed by atoms with Gasteiger partial charge in [0.25, 0.3) is 5.56 Å². The first kappa shape index (κ1) is 18.3. The van der Waals surface area contributed by atoms with Gasteiger partial charge in [0.15, 0.2) is 0 Å². The smallest absolute Gasteiger partial charge is 0.331 e. The maximum atomic E-state index is 12.3. The molecule has 3 rings (SSSR count). The number of nitrogen functional groups attached to an aromatic ring is 1. The number of fused-ring (bicyclic) bond motifs is 1. The summed E-state index contributed by atoms with van der Waals surface area (Å²) in [7, 11) is 0. The summed E-state index contributed by atoms with van der Waals surface area (Å²) in [5.74, 6) is 0. The van der Waals surface area contributed by atoms with Gasteiger partial charge in [-0.25, -0.2) is 4.79 Å². The molecular weight excluding hydrogens is 350 g/mol. The number of aromatic amines is 1. The molecule has 1 heterocycles. The third kappa shape index (κ3) is 3.40. The molecule has 0 atom stereocenters. The predicted octanol–water partition coefficient (Wildman–Crippen LogP) is 2.98. The molecule has 136 valence electrons. The van der Waals surface area contributed by atoms with E-state index in [1.54, 1.807) is 0 Å². The number of rotatable bonds is 6. The Bertz CT molecular complexity index is 1060. The lowest BCUT2D eigenvalue weighted by molar-refractivity contribution is 0.0779. The molecule has 1 aromatic heterocycles. The van der Waals surface area contributed by atoms with Crippen molar-refractivity contribution in [3.05, 3.63) is 62.8 Å². The monoisotopic (exact) mass is 371 g/mol. The largest absolute Gasteiger partial charge is 0.397 e. The molecule has 0 unspecified atom stereocenters. The Morgan fingerprint density at radius 3 is 2.65 bits per heavy atom. The van der Waals surface area contributed by atoms with E-state index in [1.807, 2.05) is 50.2 Å². The van der Waals surface area contributed by atoms with Crippen LogP contribution in [0.15, 0.2) is 55.9 Å². The predicted molar refractivity (Wildman–Crippen MR) is 105 cm³/mol. The van der Waals surface area contributed by atoms with Crippen LogP contribution in [0, 0.1) is 0 Å². The van der Waals surface area contributed by atoms with Crippen molar-refractivity contribution in [1.82, 2.24) is 9.55 Å². The first-order valence-electron chi connectivity index (χ1n) is 8.45. The number of benzene rings is 2. The van der Waals surface area contributed by atoms with Gasteiger partial charge < -0.3 is 10.5 Å². The molecule has 7 heteroatoms. The van der Waals surface area contributed by atoms with Crippen LogP contribution in [0.2, 0.25) is 0 Å². The highest BCUT2D eigenvalue weighted by atomic mass is 32.2. The fourth-order valence-corrected chi connectivity index (χ4v) is 3.96.